The van der Waals surface area contributed by atoms with Crippen molar-refractivity contribution in [3.63, 3.8) is 0 Å². The summed E-state index contributed by atoms with van der Waals surface area (Å²) in [5, 5.41) is 10.6. The van der Waals surface area contributed by atoms with E-state index in [4.69, 9.17) is 37.0 Å². The number of ether oxygens (including phenoxy) is 4. The lowest BCUT2D eigenvalue weighted by Crippen LogP contribution is -2.30. The maximum absolute atomic E-state index is 13.1. The molecule has 0 saturated heterocycles. The van der Waals surface area contributed by atoms with Crippen molar-refractivity contribution < 1.29 is 80.2 Å². The first-order valence-electron chi connectivity index (χ1n) is 40.8. The van der Waals surface area contributed by atoms with Crippen LogP contribution in [0.3, 0.4) is 0 Å². The molecule has 0 radical (unpaired) electrons. The van der Waals surface area contributed by atoms with E-state index in [-0.39, 0.29) is 25.7 Å². The summed E-state index contributed by atoms with van der Waals surface area (Å²) >= 11 is 0. The van der Waals surface area contributed by atoms with E-state index in [9.17, 15) is 43.2 Å². The predicted molar refractivity (Wildman–Crippen MR) is 427 cm³/mol. The number of unbranched alkanes of at least 4 members (excludes halogenated alkanes) is 30. The summed E-state index contributed by atoms with van der Waals surface area (Å²) in [7, 11) is -9.99. The topological polar surface area (TPSA) is 237 Å². The van der Waals surface area contributed by atoms with Gasteiger partial charge in [0.25, 0.3) is 0 Å². The first kappa shape index (κ1) is 99.5. The second-order valence-corrected chi connectivity index (χ2v) is 29.9. The first-order valence-corrected chi connectivity index (χ1v) is 43.8. The van der Waals surface area contributed by atoms with Crippen LogP contribution in [0.1, 0.15) is 336 Å². The molecule has 5 atom stereocenters. The minimum absolute atomic E-state index is 0.0310. The molecule has 0 amide bonds. The molecule has 0 fully saturated rings. The molecule has 598 valence electrons. The predicted octanol–water partition coefficient (Wildman–Crippen LogP) is 23.9. The van der Waals surface area contributed by atoms with Gasteiger partial charge in [-0.25, -0.2) is 9.13 Å². The van der Waals surface area contributed by atoms with Gasteiger partial charge >= 0.3 is 39.5 Å². The highest BCUT2D eigenvalue weighted by Crippen LogP contribution is 2.45. The second kappa shape index (κ2) is 76.6. The molecule has 0 saturated carbocycles. The summed E-state index contributed by atoms with van der Waals surface area (Å²) in [6.07, 6.45) is 84.7. The Hall–Kier alpha value is -4.54. The lowest BCUT2D eigenvalue weighted by Gasteiger charge is -2.21. The van der Waals surface area contributed by atoms with Crippen LogP contribution in [0.4, 0.5) is 0 Å². The largest absolute Gasteiger partial charge is 0.472 e. The van der Waals surface area contributed by atoms with E-state index in [2.05, 4.69) is 131 Å². The molecule has 0 heterocycles. The molecular formula is C85H146O17P2. The summed E-state index contributed by atoms with van der Waals surface area (Å²) in [5.41, 5.74) is 0. The lowest BCUT2D eigenvalue weighted by molar-refractivity contribution is -0.161. The van der Waals surface area contributed by atoms with Gasteiger partial charge in [0, 0.05) is 25.7 Å². The number of allylic oxidation sites excluding steroid dienone is 20. The average Bonchev–Trinajstić information content (AvgIpc) is 0.943. The van der Waals surface area contributed by atoms with Crippen LogP contribution in [0.25, 0.3) is 0 Å². The average molecular weight is 1500 g/mol. The molecule has 3 N–H and O–H groups in total. The number of phosphoric ester groups is 2. The fourth-order valence-electron chi connectivity index (χ4n) is 10.6. The van der Waals surface area contributed by atoms with Crippen LogP contribution in [0.5, 0.6) is 0 Å². The quantitative estimate of drug-likeness (QED) is 0.0169. The highest BCUT2D eigenvalue weighted by Gasteiger charge is 2.30. The van der Waals surface area contributed by atoms with Crippen molar-refractivity contribution in [1.29, 1.82) is 0 Å². The molecule has 0 rings (SSSR count). The SMILES string of the molecule is CCCCC/C=C\C/C=C\C/C=C\C/C=C\C/C=C\CCC(=O)O[C@H](COC(=O)CCCCCCCCC/C=C\CCCCCC)COP(=O)(O)OC[C@H](O)COP(=O)(O)OC[C@@H](COC(=O)CCCCCCC/C=C\C/C=C\CCCCC)OC(=O)CCCCCCC/C=C\C/C=C\CCCCC. The number of hydrogen-bond acceptors (Lipinski definition) is 15. The van der Waals surface area contributed by atoms with Crippen molar-refractivity contribution in [1.82, 2.24) is 0 Å². The fraction of sp³-hybridized carbons (Fsp3) is 0.718. The van der Waals surface area contributed by atoms with Crippen LogP contribution in [-0.2, 0) is 65.4 Å². The maximum atomic E-state index is 13.1. The van der Waals surface area contributed by atoms with Gasteiger partial charge in [0.05, 0.1) is 26.4 Å². The molecule has 0 aliphatic carbocycles. The van der Waals surface area contributed by atoms with Gasteiger partial charge in [-0.3, -0.25) is 37.3 Å². The van der Waals surface area contributed by atoms with Crippen LogP contribution < -0.4 is 0 Å². The molecule has 0 bridgehead atoms. The molecular weight excluding hydrogens is 1350 g/mol. The summed E-state index contributed by atoms with van der Waals surface area (Å²) < 4.78 is 68.5. The summed E-state index contributed by atoms with van der Waals surface area (Å²) in [4.78, 5) is 73.0. The van der Waals surface area contributed by atoms with Crippen molar-refractivity contribution >= 4 is 39.5 Å². The number of hydrogen-bond donors (Lipinski definition) is 3. The van der Waals surface area contributed by atoms with E-state index in [0.717, 1.165) is 161 Å². The van der Waals surface area contributed by atoms with Gasteiger partial charge in [0.15, 0.2) is 12.2 Å². The van der Waals surface area contributed by atoms with Crippen molar-refractivity contribution in [2.75, 3.05) is 39.6 Å². The van der Waals surface area contributed by atoms with Gasteiger partial charge in [-0.15, -0.1) is 0 Å². The monoisotopic (exact) mass is 1500 g/mol. The maximum Gasteiger partial charge on any atom is 0.472 e. The van der Waals surface area contributed by atoms with Gasteiger partial charge < -0.3 is 33.8 Å². The van der Waals surface area contributed by atoms with Crippen LogP contribution >= 0.6 is 15.6 Å². The second-order valence-electron chi connectivity index (χ2n) is 27.0. The Bertz CT molecular complexity index is 2440. The van der Waals surface area contributed by atoms with E-state index >= 15 is 0 Å². The van der Waals surface area contributed by atoms with Crippen molar-refractivity contribution in [2.24, 2.45) is 0 Å². The van der Waals surface area contributed by atoms with Crippen LogP contribution in [0.15, 0.2) is 122 Å². The summed E-state index contributed by atoms with van der Waals surface area (Å²) in [5.74, 6) is -2.30. The third kappa shape index (κ3) is 75.7. The van der Waals surface area contributed by atoms with E-state index in [0.29, 0.717) is 32.1 Å². The zero-order valence-corrected chi connectivity index (χ0v) is 67.2. The molecule has 0 aromatic carbocycles. The Morgan fingerprint density at radius 1 is 0.269 bits per heavy atom. The van der Waals surface area contributed by atoms with Crippen molar-refractivity contribution in [3.05, 3.63) is 122 Å². The highest BCUT2D eigenvalue weighted by atomic mass is 31.2. The third-order valence-corrected chi connectivity index (χ3v) is 18.8. The number of phosphoric acid groups is 2. The Morgan fingerprint density at radius 3 is 0.808 bits per heavy atom. The van der Waals surface area contributed by atoms with Gasteiger partial charge in [-0.05, 0) is 154 Å². The molecule has 0 aliphatic rings. The molecule has 17 nitrogen and oxygen atoms in total. The van der Waals surface area contributed by atoms with Crippen molar-refractivity contribution in [3.8, 4) is 0 Å². The molecule has 0 spiro atoms. The fourth-order valence-corrected chi connectivity index (χ4v) is 12.2. The van der Waals surface area contributed by atoms with Gasteiger partial charge in [0.1, 0.15) is 19.3 Å². The highest BCUT2D eigenvalue weighted by molar-refractivity contribution is 7.47. The van der Waals surface area contributed by atoms with E-state index in [1.807, 2.05) is 18.2 Å². The number of esters is 4. The Morgan fingerprint density at radius 2 is 0.490 bits per heavy atom. The zero-order valence-electron chi connectivity index (χ0n) is 65.4. The Labute approximate surface area is 632 Å². The van der Waals surface area contributed by atoms with Crippen LogP contribution in [0, 0.1) is 0 Å². The number of carbonyl (C=O) groups excluding carboxylic acids is 4. The molecule has 104 heavy (non-hydrogen) atoms. The van der Waals surface area contributed by atoms with Gasteiger partial charge in [0.2, 0.25) is 0 Å². The van der Waals surface area contributed by atoms with Crippen LogP contribution in [0.2, 0.25) is 0 Å². The van der Waals surface area contributed by atoms with Crippen molar-refractivity contribution in [2.45, 2.75) is 354 Å². The minimum atomic E-state index is -5.00. The van der Waals surface area contributed by atoms with E-state index in [1.165, 1.54) is 89.9 Å². The lowest BCUT2D eigenvalue weighted by atomic mass is 10.1. The standard InChI is InChI=1S/C85H146O17P2/c1-5-9-13-17-21-25-29-33-37-38-39-40-44-48-52-56-60-64-68-72-85(90)102-81(76-96-83(88)70-66-62-58-54-50-46-42-35-31-27-23-19-15-11-7-3)78-100-104(93,94)98-74-79(86)73-97-103(91,92)99-77-80(101-84(89)71-67-63-59-55-51-47-43-36-32-28-24-20-16-12-8-4)75-95-82(87)69-65-61-57-53-49-45-41-34-30-26-22-18-14-10-6-2/h21-22,24-28,31,33-34,36-37,39-41,43,48,52,60,64,79-81,86H,5-20,23,29-30,32,35,38,42,44-47,49-51,53-59,61-63,65-78H2,1-4H3,(H,91,92)(H,93,94)/b25-21-,26-22-,28-24-,31-27-,37-33-,40-39-,41-34-,43-36-,52-48-,64-60-/t79-,80-,81-/m1/s1. The summed E-state index contributed by atoms with van der Waals surface area (Å²) in [6, 6.07) is 0. The zero-order chi connectivity index (χ0) is 76.0. The molecule has 19 heteroatoms. The minimum Gasteiger partial charge on any atom is -0.462 e. The number of rotatable bonds is 76. The first-order chi connectivity index (χ1) is 50.7. The van der Waals surface area contributed by atoms with Gasteiger partial charge in [-0.1, -0.05) is 278 Å². The third-order valence-electron chi connectivity index (χ3n) is 16.9. The Kier molecular flexibility index (Phi) is 73.3. The number of aliphatic hydroxyl groups excluding tert-OH is 1. The molecule has 2 unspecified atom stereocenters. The normalized spacial score (nSPS) is 14.5. The molecule has 0 aromatic heterocycles. The molecule has 0 aromatic rings. The smallest absolute Gasteiger partial charge is 0.462 e. The Balaban J connectivity index is 5.46. The van der Waals surface area contributed by atoms with E-state index < -0.39 is 97.5 Å². The van der Waals surface area contributed by atoms with Crippen LogP contribution in [-0.4, -0.2) is 96.7 Å². The van der Waals surface area contributed by atoms with E-state index in [1.54, 1.807) is 0 Å². The number of carbonyl (C=O) groups is 4. The number of aliphatic hydroxyl groups is 1. The van der Waals surface area contributed by atoms with Gasteiger partial charge in [-0.2, -0.15) is 0 Å². The molecule has 0 aliphatic heterocycles. The summed E-state index contributed by atoms with van der Waals surface area (Å²) in [6.45, 7) is 4.69.